The number of aliphatic imine (C=N–C) groups is 1. The van der Waals surface area contributed by atoms with E-state index in [2.05, 4.69) is 30.1 Å². The predicted octanol–water partition coefficient (Wildman–Crippen LogP) is 2.98. The second-order valence-corrected chi connectivity index (χ2v) is 3.72. The van der Waals surface area contributed by atoms with E-state index >= 15 is 0 Å². The standard InChI is InChI=1S/C9H9NS/c1-7-10-9-5-3-2-4-8(9)6-11-7/h2-5H,6H2,1H3. The molecule has 0 N–H and O–H groups in total. The highest BCUT2D eigenvalue weighted by molar-refractivity contribution is 8.13. The van der Waals surface area contributed by atoms with Gasteiger partial charge in [0.05, 0.1) is 10.7 Å². The smallest absolute Gasteiger partial charge is 0.0710 e. The van der Waals surface area contributed by atoms with Gasteiger partial charge in [0, 0.05) is 5.75 Å². The van der Waals surface area contributed by atoms with Crippen LogP contribution in [0, 0.1) is 0 Å². The zero-order chi connectivity index (χ0) is 7.68. The molecule has 0 amide bonds. The fourth-order valence-corrected chi connectivity index (χ4v) is 1.90. The third-order valence-electron chi connectivity index (χ3n) is 1.71. The second-order valence-electron chi connectivity index (χ2n) is 2.55. The number of fused-ring (bicyclic) bond motifs is 1. The SMILES string of the molecule is CC1=Nc2ccccc2CS1. The van der Waals surface area contributed by atoms with Gasteiger partial charge in [-0.3, -0.25) is 0 Å². The van der Waals surface area contributed by atoms with Crippen LogP contribution in [0.3, 0.4) is 0 Å². The summed E-state index contributed by atoms with van der Waals surface area (Å²) in [6.07, 6.45) is 0. The third-order valence-corrected chi connectivity index (χ3v) is 2.67. The van der Waals surface area contributed by atoms with E-state index in [1.165, 1.54) is 10.6 Å². The zero-order valence-electron chi connectivity index (χ0n) is 6.37. The molecule has 0 aliphatic carbocycles. The van der Waals surface area contributed by atoms with Gasteiger partial charge in [-0.2, -0.15) is 0 Å². The van der Waals surface area contributed by atoms with Gasteiger partial charge in [-0.05, 0) is 18.6 Å². The van der Waals surface area contributed by atoms with E-state index in [-0.39, 0.29) is 0 Å². The van der Waals surface area contributed by atoms with Gasteiger partial charge in [0.2, 0.25) is 0 Å². The normalized spacial score (nSPS) is 15.5. The van der Waals surface area contributed by atoms with Crippen molar-refractivity contribution in [2.45, 2.75) is 12.7 Å². The van der Waals surface area contributed by atoms with Crippen molar-refractivity contribution in [3.8, 4) is 0 Å². The molecule has 1 aliphatic rings. The molecular formula is C9H9NS. The van der Waals surface area contributed by atoms with Crippen LogP contribution in [-0.4, -0.2) is 5.04 Å². The van der Waals surface area contributed by atoms with Gasteiger partial charge in [0.15, 0.2) is 0 Å². The predicted molar refractivity (Wildman–Crippen MR) is 50.5 cm³/mol. The lowest BCUT2D eigenvalue weighted by Crippen LogP contribution is -1.93. The maximum Gasteiger partial charge on any atom is 0.0710 e. The molecule has 0 atom stereocenters. The van der Waals surface area contributed by atoms with Crippen molar-refractivity contribution in [2.24, 2.45) is 4.99 Å². The molecule has 0 saturated carbocycles. The lowest BCUT2D eigenvalue weighted by Gasteiger charge is -2.11. The maximum absolute atomic E-state index is 4.43. The fourth-order valence-electron chi connectivity index (χ4n) is 1.13. The van der Waals surface area contributed by atoms with Crippen LogP contribution in [-0.2, 0) is 5.75 Å². The summed E-state index contributed by atoms with van der Waals surface area (Å²) in [5.41, 5.74) is 2.49. The summed E-state index contributed by atoms with van der Waals surface area (Å²) >= 11 is 1.81. The molecule has 0 bridgehead atoms. The molecule has 1 aromatic carbocycles. The van der Waals surface area contributed by atoms with Crippen LogP contribution in [0.4, 0.5) is 5.69 Å². The molecule has 2 rings (SSSR count). The third kappa shape index (κ3) is 1.31. The maximum atomic E-state index is 4.43. The van der Waals surface area contributed by atoms with Crippen LogP contribution in [0.1, 0.15) is 12.5 Å². The Morgan fingerprint density at radius 3 is 3.09 bits per heavy atom. The van der Waals surface area contributed by atoms with Gasteiger partial charge >= 0.3 is 0 Å². The molecule has 0 spiro atoms. The van der Waals surface area contributed by atoms with E-state index in [4.69, 9.17) is 0 Å². The first-order valence-corrected chi connectivity index (χ1v) is 4.61. The minimum Gasteiger partial charge on any atom is -0.247 e. The van der Waals surface area contributed by atoms with Gasteiger partial charge < -0.3 is 0 Å². The van der Waals surface area contributed by atoms with Crippen LogP contribution in [0.15, 0.2) is 29.3 Å². The highest BCUT2D eigenvalue weighted by atomic mass is 32.2. The molecule has 2 heteroatoms. The van der Waals surface area contributed by atoms with Crippen molar-refractivity contribution in [1.82, 2.24) is 0 Å². The number of rotatable bonds is 0. The van der Waals surface area contributed by atoms with Crippen LogP contribution in [0.5, 0.6) is 0 Å². The van der Waals surface area contributed by atoms with Gasteiger partial charge in [-0.15, -0.1) is 11.8 Å². The van der Waals surface area contributed by atoms with Crippen LogP contribution >= 0.6 is 11.8 Å². The summed E-state index contributed by atoms with van der Waals surface area (Å²) in [4.78, 5) is 4.43. The Kier molecular flexibility index (Phi) is 1.70. The molecule has 1 aromatic rings. The average molecular weight is 163 g/mol. The Bertz CT molecular complexity index is 304. The Balaban J connectivity index is 2.51. The molecule has 11 heavy (non-hydrogen) atoms. The number of hydrogen-bond acceptors (Lipinski definition) is 2. The van der Waals surface area contributed by atoms with Crippen LogP contribution in [0.2, 0.25) is 0 Å². The topological polar surface area (TPSA) is 12.4 Å². The monoisotopic (exact) mass is 163 g/mol. The second kappa shape index (κ2) is 2.70. The highest BCUT2D eigenvalue weighted by Gasteiger charge is 2.07. The highest BCUT2D eigenvalue weighted by Crippen LogP contribution is 2.29. The quantitative estimate of drug-likeness (QED) is 0.572. The van der Waals surface area contributed by atoms with Crippen molar-refractivity contribution in [3.63, 3.8) is 0 Å². The minimum atomic E-state index is 1.07. The van der Waals surface area contributed by atoms with E-state index in [1.54, 1.807) is 0 Å². The summed E-state index contributed by atoms with van der Waals surface area (Å²) in [7, 11) is 0. The van der Waals surface area contributed by atoms with Crippen LogP contribution < -0.4 is 0 Å². The number of hydrogen-bond donors (Lipinski definition) is 0. The Hall–Kier alpha value is -0.760. The number of thioether (sulfide) groups is 1. The van der Waals surface area contributed by atoms with Gasteiger partial charge in [0.25, 0.3) is 0 Å². The Morgan fingerprint density at radius 1 is 1.36 bits per heavy atom. The van der Waals surface area contributed by atoms with E-state index in [0.717, 1.165) is 11.4 Å². The summed E-state index contributed by atoms with van der Waals surface area (Å²) in [6, 6.07) is 8.30. The van der Waals surface area contributed by atoms with E-state index in [1.807, 2.05) is 17.8 Å². The molecule has 0 aromatic heterocycles. The fraction of sp³-hybridized carbons (Fsp3) is 0.222. The van der Waals surface area contributed by atoms with Crippen LogP contribution in [0.25, 0.3) is 0 Å². The first-order chi connectivity index (χ1) is 5.36. The molecule has 56 valence electrons. The first kappa shape index (κ1) is 6.92. The molecule has 1 heterocycles. The van der Waals surface area contributed by atoms with E-state index < -0.39 is 0 Å². The summed E-state index contributed by atoms with van der Waals surface area (Å²) in [5, 5.41) is 1.17. The Morgan fingerprint density at radius 2 is 2.18 bits per heavy atom. The molecule has 1 aliphatic heterocycles. The lowest BCUT2D eigenvalue weighted by molar-refractivity contribution is 1.35. The Labute approximate surface area is 70.5 Å². The van der Waals surface area contributed by atoms with Gasteiger partial charge in [-0.25, -0.2) is 4.99 Å². The molecule has 0 saturated heterocycles. The average Bonchev–Trinajstić information content (AvgIpc) is 2.04. The zero-order valence-corrected chi connectivity index (χ0v) is 7.19. The van der Waals surface area contributed by atoms with Crippen molar-refractivity contribution in [2.75, 3.05) is 0 Å². The number of nitrogens with zero attached hydrogens (tertiary/aromatic N) is 1. The molecular weight excluding hydrogens is 154 g/mol. The minimum absolute atomic E-state index is 1.07. The van der Waals surface area contributed by atoms with Crippen molar-refractivity contribution >= 4 is 22.5 Å². The van der Waals surface area contributed by atoms with Crippen molar-refractivity contribution in [1.29, 1.82) is 0 Å². The number of benzene rings is 1. The van der Waals surface area contributed by atoms with Gasteiger partial charge in [-0.1, -0.05) is 18.2 Å². The molecule has 1 nitrogen and oxygen atoms in total. The molecule has 0 radical (unpaired) electrons. The lowest BCUT2D eigenvalue weighted by atomic mass is 10.2. The summed E-state index contributed by atoms with van der Waals surface area (Å²) < 4.78 is 0. The summed E-state index contributed by atoms with van der Waals surface area (Å²) in [5.74, 6) is 1.07. The van der Waals surface area contributed by atoms with Crippen molar-refractivity contribution < 1.29 is 0 Å². The summed E-state index contributed by atoms with van der Waals surface area (Å²) in [6.45, 7) is 2.06. The first-order valence-electron chi connectivity index (χ1n) is 3.62. The van der Waals surface area contributed by atoms with E-state index in [9.17, 15) is 0 Å². The van der Waals surface area contributed by atoms with E-state index in [0.29, 0.717) is 0 Å². The van der Waals surface area contributed by atoms with Crippen molar-refractivity contribution in [3.05, 3.63) is 29.8 Å². The molecule has 0 unspecified atom stereocenters. The van der Waals surface area contributed by atoms with Gasteiger partial charge in [0.1, 0.15) is 0 Å². The number of para-hydroxylation sites is 1. The largest absolute Gasteiger partial charge is 0.247 e. The molecule has 0 fully saturated rings.